The van der Waals surface area contributed by atoms with Gasteiger partial charge in [-0.25, -0.2) is 4.79 Å². The van der Waals surface area contributed by atoms with Gasteiger partial charge in [-0.15, -0.1) is 0 Å². The molecule has 0 spiro atoms. The predicted octanol–water partition coefficient (Wildman–Crippen LogP) is 2.69. The van der Waals surface area contributed by atoms with Gasteiger partial charge in [0.2, 0.25) is 0 Å². The van der Waals surface area contributed by atoms with Gasteiger partial charge in [0.05, 0.1) is 0 Å². The van der Waals surface area contributed by atoms with Gasteiger partial charge in [0.1, 0.15) is 5.54 Å². The topological polar surface area (TPSA) is 66.4 Å². The van der Waals surface area contributed by atoms with E-state index in [4.69, 9.17) is 0 Å². The third-order valence-electron chi connectivity index (χ3n) is 4.83. The van der Waals surface area contributed by atoms with Gasteiger partial charge >= 0.3 is 5.97 Å². The normalized spacial score (nSPS) is 19.8. The molecular formula is C17H21NO3. The lowest BCUT2D eigenvalue weighted by molar-refractivity contribution is -0.145. The van der Waals surface area contributed by atoms with Crippen LogP contribution in [0.15, 0.2) is 18.2 Å². The summed E-state index contributed by atoms with van der Waals surface area (Å²) in [5, 5.41) is 12.3. The number of carboxylic acid groups (broad SMARTS) is 1. The number of amides is 1. The molecule has 1 aromatic carbocycles. The fourth-order valence-corrected chi connectivity index (χ4v) is 3.55. The first-order chi connectivity index (χ1) is 10.1. The van der Waals surface area contributed by atoms with Crippen LogP contribution >= 0.6 is 0 Å². The zero-order valence-electron chi connectivity index (χ0n) is 12.2. The van der Waals surface area contributed by atoms with Crippen LogP contribution in [0.1, 0.15) is 60.0 Å². The lowest BCUT2D eigenvalue weighted by atomic mass is 9.81. The van der Waals surface area contributed by atoms with Gasteiger partial charge in [0.25, 0.3) is 5.91 Å². The second-order valence-electron chi connectivity index (χ2n) is 6.24. The van der Waals surface area contributed by atoms with Crippen LogP contribution in [0.2, 0.25) is 0 Å². The SMILES string of the molecule is O=C(NC1(C(=O)O)CCCCC1)c1ccc2c(c1)CCC2. The molecule has 0 atom stereocenters. The summed E-state index contributed by atoms with van der Waals surface area (Å²) in [5.41, 5.74) is 2.06. The predicted molar refractivity (Wildman–Crippen MR) is 79.4 cm³/mol. The molecule has 1 saturated carbocycles. The van der Waals surface area contributed by atoms with Crippen LogP contribution in [0.25, 0.3) is 0 Å². The van der Waals surface area contributed by atoms with Gasteiger partial charge in [-0.05, 0) is 55.4 Å². The Kier molecular flexibility index (Phi) is 3.70. The molecule has 1 aromatic rings. The monoisotopic (exact) mass is 287 g/mol. The minimum Gasteiger partial charge on any atom is -0.480 e. The first-order valence-electron chi connectivity index (χ1n) is 7.78. The lowest BCUT2D eigenvalue weighted by Crippen LogP contribution is -2.55. The third kappa shape index (κ3) is 2.67. The van der Waals surface area contributed by atoms with Crippen molar-refractivity contribution in [2.45, 2.75) is 56.9 Å². The second-order valence-corrected chi connectivity index (χ2v) is 6.24. The summed E-state index contributed by atoms with van der Waals surface area (Å²) in [7, 11) is 0. The number of hydrogen-bond acceptors (Lipinski definition) is 2. The van der Waals surface area contributed by atoms with Crippen molar-refractivity contribution < 1.29 is 14.7 Å². The van der Waals surface area contributed by atoms with Gasteiger partial charge in [-0.2, -0.15) is 0 Å². The van der Waals surface area contributed by atoms with E-state index in [1.165, 1.54) is 11.1 Å². The summed E-state index contributed by atoms with van der Waals surface area (Å²) in [4.78, 5) is 24.1. The van der Waals surface area contributed by atoms with Crippen LogP contribution in [-0.2, 0) is 17.6 Å². The number of fused-ring (bicyclic) bond motifs is 1. The Bertz CT molecular complexity index is 573. The fourth-order valence-electron chi connectivity index (χ4n) is 3.55. The highest BCUT2D eigenvalue weighted by molar-refractivity contribution is 5.98. The molecule has 4 heteroatoms. The number of carboxylic acids is 1. The van der Waals surface area contributed by atoms with Gasteiger partial charge in [-0.1, -0.05) is 25.3 Å². The molecule has 112 valence electrons. The Hall–Kier alpha value is -1.84. The molecule has 2 aliphatic carbocycles. The number of hydrogen-bond donors (Lipinski definition) is 2. The average molecular weight is 287 g/mol. The van der Waals surface area contributed by atoms with Gasteiger partial charge < -0.3 is 10.4 Å². The van der Waals surface area contributed by atoms with E-state index in [2.05, 4.69) is 5.32 Å². The minimum atomic E-state index is -1.08. The molecule has 0 heterocycles. The van der Waals surface area contributed by atoms with Crippen molar-refractivity contribution in [3.63, 3.8) is 0 Å². The third-order valence-corrected chi connectivity index (χ3v) is 4.83. The van der Waals surface area contributed by atoms with E-state index in [0.717, 1.165) is 38.5 Å². The van der Waals surface area contributed by atoms with E-state index in [-0.39, 0.29) is 5.91 Å². The summed E-state index contributed by atoms with van der Waals surface area (Å²) in [6.07, 6.45) is 7.05. The Balaban J connectivity index is 1.80. The zero-order valence-corrected chi connectivity index (χ0v) is 12.2. The molecule has 21 heavy (non-hydrogen) atoms. The molecule has 4 nitrogen and oxygen atoms in total. The zero-order chi connectivity index (χ0) is 14.9. The van der Waals surface area contributed by atoms with Crippen molar-refractivity contribution in [3.8, 4) is 0 Å². The first-order valence-corrected chi connectivity index (χ1v) is 7.78. The molecule has 3 rings (SSSR count). The molecule has 0 unspecified atom stereocenters. The highest BCUT2D eigenvalue weighted by Crippen LogP contribution is 2.29. The quantitative estimate of drug-likeness (QED) is 0.898. The van der Waals surface area contributed by atoms with Crippen molar-refractivity contribution in [2.24, 2.45) is 0 Å². The van der Waals surface area contributed by atoms with Crippen LogP contribution in [0, 0.1) is 0 Å². The van der Waals surface area contributed by atoms with E-state index in [9.17, 15) is 14.7 Å². The van der Waals surface area contributed by atoms with Crippen LogP contribution in [-0.4, -0.2) is 22.5 Å². The Morgan fingerprint density at radius 3 is 2.43 bits per heavy atom. The second kappa shape index (κ2) is 5.51. The number of carbonyl (C=O) groups is 2. The maximum Gasteiger partial charge on any atom is 0.329 e. The minimum absolute atomic E-state index is 0.256. The average Bonchev–Trinajstić information content (AvgIpc) is 2.95. The highest BCUT2D eigenvalue weighted by atomic mass is 16.4. The molecule has 1 fully saturated rings. The largest absolute Gasteiger partial charge is 0.480 e. The van der Waals surface area contributed by atoms with Crippen molar-refractivity contribution in [2.75, 3.05) is 0 Å². The van der Waals surface area contributed by atoms with Gasteiger partial charge in [0, 0.05) is 5.56 Å². The standard InChI is InChI=1S/C17H21NO3/c19-15(14-8-7-12-5-4-6-13(12)11-14)18-17(16(20)21)9-2-1-3-10-17/h7-8,11H,1-6,9-10H2,(H,18,19)(H,20,21). The van der Waals surface area contributed by atoms with Gasteiger partial charge in [0.15, 0.2) is 0 Å². The molecule has 0 bridgehead atoms. The number of rotatable bonds is 3. The molecule has 0 aromatic heterocycles. The molecule has 2 N–H and O–H groups in total. The van der Waals surface area contributed by atoms with Crippen molar-refractivity contribution in [3.05, 3.63) is 34.9 Å². The summed E-state index contributed by atoms with van der Waals surface area (Å²) >= 11 is 0. The van der Waals surface area contributed by atoms with Crippen molar-refractivity contribution in [1.82, 2.24) is 5.32 Å². The fraction of sp³-hybridized carbons (Fsp3) is 0.529. The van der Waals surface area contributed by atoms with E-state index in [0.29, 0.717) is 18.4 Å². The Labute approximate surface area is 124 Å². The van der Waals surface area contributed by atoms with Crippen LogP contribution in [0.3, 0.4) is 0 Å². The summed E-state index contributed by atoms with van der Waals surface area (Å²) in [5.74, 6) is -1.16. The number of nitrogens with one attached hydrogen (secondary N) is 1. The maximum absolute atomic E-state index is 12.4. The van der Waals surface area contributed by atoms with E-state index >= 15 is 0 Å². The van der Waals surface area contributed by atoms with Crippen molar-refractivity contribution in [1.29, 1.82) is 0 Å². The van der Waals surface area contributed by atoms with Gasteiger partial charge in [-0.3, -0.25) is 4.79 Å². The Morgan fingerprint density at radius 2 is 1.71 bits per heavy atom. The number of aryl methyl sites for hydroxylation is 2. The van der Waals surface area contributed by atoms with E-state index < -0.39 is 11.5 Å². The molecule has 1 amide bonds. The van der Waals surface area contributed by atoms with Crippen LogP contribution < -0.4 is 5.32 Å². The smallest absolute Gasteiger partial charge is 0.329 e. The van der Waals surface area contributed by atoms with Crippen LogP contribution in [0.5, 0.6) is 0 Å². The van der Waals surface area contributed by atoms with Crippen LogP contribution in [0.4, 0.5) is 0 Å². The maximum atomic E-state index is 12.4. The summed E-state index contributed by atoms with van der Waals surface area (Å²) in [6, 6.07) is 5.75. The van der Waals surface area contributed by atoms with Crippen molar-refractivity contribution >= 4 is 11.9 Å². The number of aliphatic carboxylic acids is 1. The number of carbonyl (C=O) groups excluding carboxylic acids is 1. The molecular weight excluding hydrogens is 266 g/mol. The molecule has 0 saturated heterocycles. The molecule has 0 radical (unpaired) electrons. The highest BCUT2D eigenvalue weighted by Gasteiger charge is 2.41. The first kappa shape index (κ1) is 14.1. The van der Waals surface area contributed by atoms with E-state index in [1.54, 1.807) is 0 Å². The number of benzene rings is 1. The lowest BCUT2D eigenvalue weighted by Gasteiger charge is -2.34. The summed E-state index contributed by atoms with van der Waals surface area (Å²) in [6.45, 7) is 0. The molecule has 2 aliphatic rings. The van der Waals surface area contributed by atoms with E-state index in [1.807, 2.05) is 18.2 Å². The molecule has 0 aliphatic heterocycles. The summed E-state index contributed by atoms with van der Waals surface area (Å²) < 4.78 is 0. The Morgan fingerprint density at radius 1 is 1.00 bits per heavy atom.